The quantitative estimate of drug-likeness (QED) is 0.720. The summed E-state index contributed by atoms with van der Waals surface area (Å²) < 4.78 is 5.23. The molecule has 0 aliphatic carbocycles. The fourth-order valence-electron chi connectivity index (χ4n) is 4.52. The maximum atomic E-state index is 12.9. The molecule has 2 saturated heterocycles. The second-order valence-electron chi connectivity index (χ2n) is 9.44. The van der Waals surface area contributed by atoms with Gasteiger partial charge < -0.3 is 9.64 Å². The standard InChI is InChI=1S/C24H36N2O3/c1-5-29-23(28)19-7-6-14-26(17-19)21-12-15-25(16-13-21)22(27)18-8-10-20(11-9-18)24(2,3)4/h8-11,19,21H,5-7,12-17H2,1-4H3. The van der Waals surface area contributed by atoms with Gasteiger partial charge in [0.25, 0.3) is 5.91 Å². The van der Waals surface area contributed by atoms with Crippen LogP contribution in [0.25, 0.3) is 0 Å². The highest BCUT2D eigenvalue weighted by molar-refractivity contribution is 5.94. The van der Waals surface area contributed by atoms with Crippen LogP contribution in [-0.2, 0) is 14.9 Å². The molecule has 0 aromatic heterocycles. The van der Waals surface area contributed by atoms with Crippen LogP contribution in [0.1, 0.15) is 69.3 Å². The van der Waals surface area contributed by atoms with Crippen molar-refractivity contribution in [3.05, 3.63) is 35.4 Å². The van der Waals surface area contributed by atoms with Crippen LogP contribution < -0.4 is 0 Å². The third kappa shape index (κ3) is 5.39. The summed E-state index contributed by atoms with van der Waals surface area (Å²) in [5.74, 6) is 0.0835. The predicted molar refractivity (Wildman–Crippen MR) is 115 cm³/mol. The number of esters is 1. The van der Waals surface area contributed by atoms with Crippen molar-refractivity contribution in [2.45, 2.75) is 64.8 Å². The van der Waals surface area contributed by atoms with Crippen molar-refractivity contribution in [3.63, 3.8) is 0 Å². The molecule has 5 nitrogen and oxygen atoms in total. The van der Waals surface area contributed by atoms with Crippen molar-refractivity contribution in [2.75, 3.05) is 32.8 Å². The average Bonchev–Trinajstić information content (AvgIpc) is 2.73. The van der Waals surface area contributed by atoms with Gasteiger partial charge in [-0.15, -0.1) is 0 Å². The summed E-state index contributed by atoms with van der Waals surface area (Å²) in [5, 5.41) is 0. The van der Waals surface area contributed by atoms with Crippen LogP contribution in [0.4, 0.5) is 0 Å². The molecule has 1 unspecified atom stereocenters. The third-order valence-corrected chi connectivity index (χ3v) is 6.34. The maximum absolute atomic E-state index is 12.9. The van der Waals surface area contributed by atoms with E-state index in [1.54, 1.807) is 0 Å². The minimum absolute atomic E-state index is 0.00434. The van der Waals surface area contributed by atoms with E-state index in [-0.39, 0.29) is 23.2 Å². The smallest absolute Gasteiger partial charge is 0.310 e. The van der Waals surface area contributed by atoms with Crippen LogP contribution in [0.15, 0.2) is 24.3 Å². The van der Waals surface area contributed by atoms with E-state index in [0.717, 1.165) is 57.4 Å². The molecular formula is C24H36N2O3. The van der Waals surface area contributed by atoms with E-state index in [2.05, 4.69) is 37.8 Å². The van der Waals surface area contributed by atoms with E-state index in [1.165, 1.54) is 5.56 Å². The molecule has 3 rings (SSSR count). The van der Waals surface area contributed by atoms with Crippen molar-refractivity contribution in [2.24, 2.45) is 5.92 Å². The molecule has 1 aromatic carbocycles. The number of hydrogen-bond acceptors (Lipinski definition) is 4. The number of benzene rings is 1. The van der Waals surface area contributed by atoms with Gasteiger partial charge in [0.05, 0.1) is 12.5 Å². The lowest BCUT2D eigenvalue weighted by Gasteiger charge is -2.41. The molecule has 2 heterocycles. The van der Waals surface area contributed by atoms with Gasteiger partial charge in [0, 0.05) is 31.2 Å². The Morgan fingerprint density at radius 1 is 1.03 bits per heavy atom. The summed E-state index contributed by atoms with van der Waals surface area (Å²) in [7, 11) is 0. The molecule has 160 valence electrons. The zero-order valence-electron chi connectivity index (χ0n) is 18.4. The van der Waals surface area contributed by atoms with Crippen molar-refractivity contribution >= 4 is 11.9 Å². The molecule has 2 aliphatic heterocycles. The number of likely N-dealkylation sites (tertiary alicyclic amines) is 2. The summed E-state index contributed by atoms with van der Waals surface area (Å²) in [6.07, 6.45) is 3.92. The summed E-state index contributed by atoms with van der Waals surface area (Å²) >= 11 is 0. The Balaban J connectivity index is 1.53. The minimum atomic E-state index is -0.0523. The number of ether oxygens (including phenoxy) is 1. The summed E-state index contributed by atoms with van der Waals surface area (Å²) in [6, 6.07) is 8.53. The number of hydrogen-bond donors (Lipinski definition) is 0. The molecule has 0 radical (unpaired) electrons. The van der Waals surface area contributed by atoms with Crippen LogP contribution in [0.3, 0.4) is 0 Å². The summed E-state index contributed by atoms with van der Waals surface area (Å²) in [5.41, 5.74) is 2.11. The first-order valence-corrected chi connectivity index (χ1v) is 11.1. The van der Waals surface area contributed by atoms with Crippen LogP contribution in [0.2, 0.25) is 0 Å². The van der Waals surface area contributed by atoms with E-state index in [1.807, 2.05) is 24.0 Å². The predicted octanol–water partition coefficient (Wildman–Crippen LogP) is 3.86. The Morgan fingerprint density at radius 2 is 1.69 bits per heavy atom. The highest BCUT2D eigenvalue weighted by Gasteiger charge is 2.33. The largest absolute Gasteiger partial charge is 0.466 e. The normalized spacial score (nSPS) is 21.8. The first-order valence-electron chi connectivity index (χ1n) is 11.1. The first-order chi connectivity index (χ1) is 13.8. The van der Waals surface area contributed by atoms with E-state index in [4.69, 9.17) is 4.74 Å². The first kappa shape index (κ1) is 21.8. The number of carbonyl (C=O) groups excluding carboxylic acids is 2. The third-order valence-electron chi connectivity index (χ3n) is 6.34. The lowest BCUT2D eigenvalue weighted by Crippen LogP contribution is -2.50. The highest BCUT2D eigenvalue weighted by atomic mass is 16.5. The Bertz CT molecular complexity index is 700. The monoisotopic (exact) mass is 400 g/mol. The van der Waals surface area contributed by atoms with Crippen molar-refractivity contribution in [3.8, 4) is 0 Å². The van der Waals surface area contributed by atoms with Crippen LogP contribution in [0, 0.1) is 5.92 Å². The van der Waals surface area contributed by atoms with Crippen molar-refractivity contribution in [1.82, 2.24) is 9.80 Å². The fraction of sp³-hybridized carbons (Fsp3) is 0.667. The van der Waals surface area contributed by atoms with Gasteiger partial charge in [-0.1, -0.05) is 32.9 Å². The van der Waals surface area contributed by atoms with Gasteiger partial charge in [0.15, 0.2) is 0 Å². The van der Waals surface area contributed by atoms with E-state index in [9.17, 15) is 9.59 Å². The van der Waals surface area contributed by atoms with E-state index in [0.29, 0.717) is 12.6 Å². The SMILES string of the molecule is CCOC(=O)C1CCCN(C2CCN(C(=O)c3ccc(C(C)(C)C)cc3)CC2)C1. The van der Waals surface area contributed by atoms with Crippen LogP contribution in [0.5, 0.6) is 0 Å². The van der Waals surface area contributed by atoms with Crippen molar-refractivity contribution < 1.29 is 14.3 Å². The van der Waals surface area contributed by atoms with Gasteiger partial charge in [0.1, 0.15) is 0 Å². The Kier molecular flexibility index (Phi) is 6.99. The maximum Gasteiger partial charge on any atom is 0.310 e. The molecule has 1 amide bonds. The van der Waals surface area contributed by atoms with Gasteiger partial charge in [-0.3, -0.25) is 14.5 Å². The van der Waals surface area contributed by atoms with Gasteiger partial charge in [-0.2, -0.15) is 0 Å². The van der Waals surface area contributed by atoms with Crippen LogP contribution >= 0.6 is 0 Å². The molecule has 0 bridgehead atoms. The zero-order chi connectivity index (χ0) is 21.0. The molecular weight excluding hydrogens is 364 g/mol. The molecule has 0 saturated carbocycles. The second kappa shape index (κ2) is 9.29. The number of rotatable bonds is 4. The van der Waals surface area contributed by atoms with E-state index >= 15 is 0 Å². The van der Waals surface area contributed by atoms with Gasteiger partial charge in [0.2, 0.25) is 0 Å². The van der Waals surface area contributed by atoms with Gasteiger partial charge in [-0.25, -0.2) is 0 Å². The molecule has 2 aliphatic rings. The Morgan fingerprint density at radius 3 is 2.28 bits per heavy atom. The number of nitrogens with zero attached hydrogens (tertiary/aromatic N) is 2. The second-order valence-corrected chi connectivity index (χ2v) is 9.44. The molecule has 1 aromatic rings. The molecule has 5 heteroatoms. The average molecular weight is 401 g/mol. The Hall–Kier alpha value is -1.88. The number of amides is 1. The number of carbonyl (C=O) groups is 2. The zero-order valence-corrected chi connectivity index (χ0v) is 18.4. The van der Waals surface area contributed by atoms with Crippen molar-refractivity contribution in [1.29, 1.82) is 0 Å². The molecule has 0 spiro atoms. The summed E-state index contributed by atoms with van der Waals surface area (Å²) in [4.78, 5) is 29.4. The van der Waals surface area contributed by atoms with Gasteiger partial charge >= 0.3 is 5.97 Å². The fourth-order valence-corrected chi connectivity index (χ4v) is 4.52. The molecule has 0 N–H and O–H groups in total. The molecule has 1 atom stereocenters. The lowest BCUT2D eigenvalue weighted by atomic mass is 9.86. The molecule has 2 fully saturated rings. The van der Waals surface area contributed by atoms with Crippen LogP contribution in [-0.4, -0.2) is 60.5 Å². The van der Waals surface area contributed by atoms with Gasteiger partial charge in [-0.05, 0) is 62.3 Å². The Labute approximate surface area is 175 Å². The number of piperidine rings is 2. The summed E-state index contributed by atoms with van der Waals surface area (Å²) in [6.45, 7) is 12.3. The van der Waals surface area contributed by atoms with E-state index < -0.39 is 0 Å². The topological polar surface area (TPSA) is 49.9 Å². The highest BCUT2D eigenvalue weighted by Crippen LogP contribution is 2.26. The molecule has 29 heavy (non-hydrogen) atoms. The lowest BCUT2D eigenvalue weighted by molar-refractivity contribution is -0.150. The minimum Gasteiger partial charge on any atom is -0.466 e.